The summed E-state index contributed by atoms with van der Waals surface area (Å²) in [6, 6.07) is 8.80. The Kier molecular flexibility index (Phi) is 4.22. The van der Waals surface area contributed by atoms with Crippen molar-refractivity contribution in [2.75, 3.05) is 19.6 Å². The lowest BCUT2D eigenvalue weighted by molar-refractivity contribution is 0.210. The molecule has 1 fully saturated rings. The number of rotatable bonds is 4. The Morgan fingerprint density at radius 1 is 1.44 bits per heavy atom. The first-order chi connectivity index (χ1) is 7.81. The van der Waals surface area contributed by atoms with Gasteiger partial charge in [-0.2, -0.15) is 0 Å². The van der Waals surface area contributed by atoms with Gasteiger partial charge in [0.15, 0.2) is 0 Å². The summed E-state index contributed by atoms with van der Waals surface area (Å²) in [7, 11) is 0. The summed E-state index contributed by atoms with van der Waals surface area (Å²) in [6.07, 6.45) is 1.25. The fourth-order valence-electron chi connectivity index (χ4n) is 2.30. The van der Waals surface area contributed by atoms with Crippen LogP contribution in [0.5, 0.6) is 0 Å². The quantitative estimate of drug-likeness (QED) is 0.867. The zero-order chi connectivity index (χ0) is 11.4. The molecule has 0 aliphatic carbocycles. The predicted molar refractivity (Wildman–Crippen MR) is 68.8 cm³/mol. The summed E-state index contributed by atoms with van der Waals surface area (Å²) in [4.78, 5) is 2.50. The van der Waals surface area contributed by atoms with Crippen molar-refractivity contribution in [3.8, 4) is 0 Å². The molecular formula is C13H19ClN2. The Bertz CT molecular complexity index is 334. The van der Waals surface area contributed by atoms with Gasteiger partial charge in [0.1, 0.15) is 0 Å². The molecular weight excluding hydrogens is 220 g/mol. The van der Waals surface area contributed by atoms with Gasteiger partial charge in [-0.3, -0.25) is 4.90 Å². The second-order valence-electron chi connectivity index (χ2n) is 4.30. The van der Waals surface area contributed by atoms with Gasteiger partial charge in [-0.05, 0) is 31.1 Å². The van der Waals surface area contributed by atoms with Crippen molar-refractivity contribution in [1.29, 1.82) is 0 Å². The zero-order valence-electron chi connectivity index (χ0n) is 9.75. The maximum Gasteiger partial charge on any atom is 0.0451 e. The Morgan fingerprint density at radius 2 is 2.25 bits per heavy atom. The number of benzene rings is 1. The van der Waals surface area contributed by atoms with E-state index in [-0.39, 0.29) is 0 Å². The normalized spacial score (nSPS) is 20.6. The number of hydrogen-bond acceptors (Lipinski definition) is 2. The minimum absolute atomic E-state index is 0.668. The van der Waals surface area contributed by atoms with E-state index in [9.17, 15) is 0 Å². The van der Waals surface area contributed by atoms with Crippen LogP contribution in [0.15, 0.2) is 24.3 Å². The molecule has 1 heterocycles. The van der Waals surface area contributed by atoms with Gasteiger partial charge in [-0.25, -0.2) is 0 Å². The Hall–Kier alpha value is -0.570. The van der Waals surface area contributed by atoms with Crippen LogP contribution in [0.2, 0.25) is 5.02 Å². The first-order valence-electron chi connectivity index (χ1n) is 5.99. The summed E-state index contributed by atoms with van der Waals surface area (Å²) in [6.45, 7) is 6.51. The largest absolute Gasteiger partial charge is 0.315 e. The topological polar surface area (TPSA) is 15.3 Å². The third-order valence-corrected chi connectivity index (χ3v) is 3.66. The molecule has 2 nitrogen and oxygen atoms in total. The van der Waals surface area contributed by atoms with Gasteiger partial charge < -0.3 is 5.32 Å². The van der Waals surface area contributed by atoms with Gasteiger partial charge in [-0.15, -0.1) is 0 Å². The van der Waals surface area contributed by atoms with Crippen molar-refractivity contribution in [3.05, 3.63) is 34.9 Å². The summed E-state index contributed by atoms with van der Waals surface area (Å²) in [5.74, 6) is 0. The molecule has 1 unspecified atom stereocenters. The molecule has 1 aliphatic rings. The van der Waals surface area contributed by atoms with Crippen molar-refractivity contribution in [1.82, 2.24) is 10.2 Å². The number of nitrogens with one attached hydrogen (secondary N) is 1. The molecule has 88 valence electrons. The molecule has 1 aromatic carbocycles. The average molecular weight is 239 g/mol. The van der Waals surface area contributed by atoms with E-state index in [0.717, 1.165) is 31.2 Å². The maximum atomic E-state index is 6.19. The fourth-order valence-corrected chi connectivity index (χ4v) is 2.49. The third kappa shape index (κ3) is 2.76. The minimum Gasteiger partial charge on any atom is -0.315 e. The Balaban J connectivity index is 2.03. The van der Waals surface area contributed by atoms with Crippen LogP contribution in [-0.4, -0.2) is 30.6 Å². The van der Waals surface area contributed by atoms with Crippen LogP contribution in [0, 0.1) is 0 Å². The van der Waals surface area contributed by atoms with E-state index in [4.69, 9.17) is 11.6 Å². The molecule has 0 saturated carbocycles. The summed E-state index contributed by atoms with van der Waals surface area (Å²) >= 11 is 6.19. The average Bonchev–Trinajstić information content (AvgIpc) is 2.81. The SMILES string of the molecule is CCN(Cc1ccccc1Cl)C1CCNC1. The van der Waals surface area contributed by atoms with E-state index in [1.807, 2.05) is 12.1 Å². The van der Waals surface area contributed by atoms with Gasteiger partial charge in [0.05, 0.1) is 0 Å². The first-order valence-corrected chi connectivity index (χ1v) is 6.37. The summed E-state index contributed by atoms with van der Waals surface area (Å²) in [5, 5.41) is 4.29. The van der Waals surface area contributed by atoms with Crippen LogP contribution in [-0.2, 0) is 6.54 Å². The molecule has 0 spiro atoms. The number of nitrogens with zero attached hydrogens (tertiary/aromatic N) is 1. The standard InChI is InChI=1S/C13H19ClN2/c1-2-16(12-7-8-15-9-12)10-11-5-3-4-6-13(11)14/h3-6,12,15H,2,7-10H2,1H3. The van der Waals surface area contributed by atoms with E-state index in [1.165, 1.54) is 12.0 Å². The highest BCUT2D eigenvalue weighted by Crippen LogP contribution is 2.19. The van der Waals surface area contributed by atoms with Crippen LogP contribution >= 0.6 is 11.6 Å². The molecule has 2 rings (SSSR count). The van der Waals surface area contributed by atoms with Crippen LogP contribution < -0.4 is 5.32 Å². The van der Waals surface area contributed by atoms with Gasteiger partial charge in [-0.1, -0.05) is 36.7 Å². The van der Waals surface area contributed by atoms with Crippen molar-refractivity contribution in [2.24, 2.45) is 0 Å². The number of halogens is 1. The highest BCUT2D eigenvalue weighted by Gasteiger charge is 2.21. The Labute approximate surface area is 103 Å². The molecule has 1 aliphatic heterocycles. The Morgan fingerprint density at radius 3 is 2.88 bits per heavy atom. The van der Waals surface area contributed by atoms with Gasteiger partial charge in [0.25, 0.3) is 0 Å². The van der Waals surface area contributed by atoms with Gasteiger partial charge >= 0.3 is 0 Å². The predicted octanol–water partition coefficient (Wildman–Crippen LogP) is 2.52. The van der Waals surface area contributed by atoms with E-state index >= 15 is 0 Å². The molecule has 1 atom stereocenters. The monoisotopic (exact) mass is 238 g/mol. The van der Waals surface area contributed by atoms with Gasteiger partial charge in [0, 0.05) is 24.2 Å². The lowest BCUT2D eigenvalue weighted by Gasteiger charge is -2.27. The number of likely N-dealkylation sites (N-methyl/N-ethyl adjacent to an activating group) is 1. The summed E-state index contributed by atoms with van der Waals surface area (Å²) in [5.41, 5.74) is 1.23. The minimum atomic E-state index is 0.668. The molecule has 3 heteroatoms. The van der Waals surface area contributed by atoms with Crippen molar-refractivity contribution < 1.29 is 0 Å². The zero-order valence-corrected chi connectivity index (χ0v) is 10.5. The smallest absolute Gasteiger partial charge is 0.0451 e. The lowest BCUT2D eigenvalue weighted by Crippen LogP contribution is -2.36. The van der Waals surface area contributed by atoms with Crippen molar-refractivity contribution in [3.63, 3.8) is 0 Å². The van der Waals surface area contributed by atoms with Crippen LogP contribution in [0.25, 0.3) is 0 Å². The van der Waals surface area contributed by atoms with Crippen molar-refractivity contribution in [2.45, 2.75) is 25.9 Å². The molecule has 16 heavy (non-hydrogen) atoms. The van der Waals surface area contributed by atoms with Crippen LogP contribution in [0.3, 0.4) is 0 Å². The number of hydrogen-bond donors (Lipinski definition) is 1. The molecule has 0 bridgehead atoms. The third-order valence-electron chi connectivity index (χ3n) is 3.29. The molecule has 0 aromatic heterocycles. The van der Waals surface area contributed by atoms with Crippen LogP contribution in [0.4, 0.5) is 0 Å². The first kappa shape index (κ1) is 11.9. The van der Waals surface area contributed by atoms with E-state index < -0.39 is 0 Å². The summed E-state index contributed by atoms with van der Waals surface area (Å²) < 4.78 is 0. The van der Waals surface area contributed by atoms with Crippen LogP contribution in [0.1, 0.15) is 18.9 Å². The molecule has 1 N–H and O–H groups in total. The van der Waals surface area contributed by atoms with E-state index in [1.54, 1.807) is 0 Å². The molecule has 0 amide bonds. The molecule has 0 radical (unpaired) electrons. The second-order valence-corrected chi connectivity index (χ2v) is 4.71. The van der Waals surface area contributed by atoms with E-state index in [2.05, 4.69) is 29.3 Å². The van der Waals surface area contributed by atoms with Crippen molar-refractivity contribution >= 4 is 11.6 Å². The van der Waals surface area contributed by atoms with E-state index in [0.29, 0.717) is 6.04 Å². The highest BCUT2D eigenvalue weighted by atomic mass is 35.5. The molecule has 1 aromatic rings. The fraction of sp³-hybridized carbons (Fsp3) is 0.538. The lowest BCUT2D eigenvalue weighted by atomic mass is 10.1. The van der Waals surface area contributed by atoms with Gasteiger partial charge in [0.2, 0.25) is 0 Å². The maximum absolute atomic E-state index is 6.19. The molecule has 1 saturated heterocycles. The highest BCUT2D eigenvalue weighted by molar-refractivity contribution is 6.31. The second kappa shape index (κ2) is 5.67.